The number of hydrogen-bond acceptors (Lipinski definition) is 6. The van der Waals surface area contributed by atoms with Gasteiger partial charge in [-0.2, -0.15) is 0 Å². The van der Waals surface area contributed by atoms with E-state index in [-0.39, 0.29) is 12.0 Å². The monoisotopic (exact) mass is 307 g/mol. The number of ether oxygens (including phenoxy) is 2. The molecule has 2 unspecified atom stereocenters. The molecule has 1 aliphatic heterocycles. The Morgan fingerprint density at radius 2 is 2.18 bits per heavy atom. The highest BCUT2D eigenvalue weighted by atomic mass is 16.5. The van der Waals surface area contributed by atoms with Gasteiger partial charge in [0, 0.05) is 31.4 Å². The second-order valence-corrected chi connectivity index (χ2v) is 5.44. The van der Waals surface area contributed by atoms with Crippen molar-refractivity contribution in [2.24, 2.45) is 0 Å². The van der Waals surface area contributed by atoms with Gasteiger partial charge in [0.2, 0.25) is 0 Å². The number of anilines is 1. The van der Waals surface area contributed by atoms with Gasteiger partial charge in [0.1, 0.15) is 11.4 Å². The van der Waals surface area contributed by atoms with Crippen molar-refractivity contribution in [3.63, 3.8) is 0 Å². The van der Waals surface area contributed by atoms with E-state index in [4.69, 9.17) is 9.47 Å². The molecule has 1 aliphatic rings. The van der Waals surface area contributed by atoms with Crippen molar-refractivity contribution in [2.75, 3.05) is 38.2 Å². The van der Waals surface area contributed by atoms with Crippen molar-refractivity contribution in [1.29, 1.82) is 0 Å². The quantitative estimate of drug-likeness (QED) is 0.808. The molecular formula is C16H25N3O3. The molecule has 6 heteroatoms. The fraction of sp³-hybridized carbons (Fsp3) is 0.625. The Balaban J connectivity index is 2.04. The molecule has 122 valence electrons. The highest BCUT2D eigenvalue weighted by molar-refractivity contribution is 5.94. The molecule has 1 N–H and O–H groups in total. The van der Waals surface area contributed by atoms with Gasteiger partial charge in [-0.25, -0.2) is 9.78 Å². The smallest absolute Gasteiger partial charge is 0.341 e. The minimum Gasteiger partial charge on any atom is -0.462 e. The largest absolute Gasteiger partial charge is 0.462 e. The average molecular weight is 307 g/mol. The van der Waals surface area contributed by atoms with Crippen LogP contribution in [0.3, 0.4) is 0 Å². The number of morpholine rings is 1. The Kier molecular flexibility index (Phi) is 6.15. The molecule has 22 heavy (non-hydrogen) atoms. The summed E-state index contributed by atoms with van der Waals surface area (Å²) in [4.78, 5) is 18.7. The molecule has 0 spiro atoms. The predicted molar refractivity (Wildman–Crippen MR) is 85.1 cm³/mol. The lowest BCUT2D eigenvalue weighted by molar-refractivity contribution is 0.0175. The zero-order valence-corrected chi connectivity index (χ0v) is 13.5. The van der Waals surface area contributed by atoms with Crippen LogP contribution in [-0.4, -0.2) is 60.8 Å². The van der Waals surface area contributed by atoms with Gasteiger partial charge >= 0.3 is 5.97 Å². The summed E-state index contributed by atoms with van der Waals surface area (Å²) in [5.41, 5.74) is 0.477. The number of nitrogens with zero attached hydrogens (tertiary/aromatic N) is 2. The Morgan fingerprint density at radius 3 is 2.86 bits per heavy atom. The third kappa shape index (κ3) is 4.18. The minimum absolute atomic E-state index is 0.154. The molecule has 0 amide bonds. The van der Waals surface area contributed by atoms with Crippen LogP contribution < -0.4 is 5.32 Å². The normalized spacial score (nSPS) is 18.5. The topological polar surface area (TPSA) is 63.7 Å². The van der Waals surface area contributed by atoms with Crippen LogP contribution in [0.15, 0.2) is 18.3 Å². The summed E-state index contributed by atoms with van der Waals surface area (Å²) in [6.45, 7) is 9.83. The number of rotatable bonds is 6. The zero-order valence-electron chi connectivity index (χ0n) is 13.5. The molecule has 1 aromatic heterocycles. The number of pyridine rings is 1. The SMILES string of the molecule is CCOC(=O)c1cccnc1NC(C)C(C)N1CCOCC1. The number of nitrogens with one attached hydrogen (secondary N) is 1. The first-order valence-corrected chi connectivity index (χ1v) is 7.84. The van der Waals surface area contributed by atoms with Gasteiger partial charge in [-0.15, -0.1) is 0 Å². The number of aromatic nitrogens is 1. The molecule has 2 atom stereocenters. The molecule has 1 fully saturated rings. The van der Waals surface area contributed by atoms with Crippen molar-refractivity contribution in [1.82, 2.24) is 9.88 Å². The van der Waals surface area contributed by atoms with E-state index in [1.807, 2.05) is 0 Å². The zero-order chi connectivity index (χ0) is 15.9. The van der Waals surface area contributed by atoms with Gasteiger partial charge in [-0.05, 0) is 32.9 Å². The molecule has 0 aromatic carbocycles. The maximum absolute atomic E-state index is 12.0. The van der Waals surface area contributed by atoms with Gasteiger partial charge in [0.15, 0.2) is 0 Å². The number of carbonyl (C=O) groups is 1. The fourth-order valence-corrected chi connectivity index (χ4v) is 2.53. The lowest BCUT2D eigenvalue weighted by atomic mass is 10.1. The van der Waals surface area contributed by atoms with E-state index in [0.29, 0.717) is 24.0 Å². The maximum Gasteiger partial charge on any atom is 0.341 e. The van der Waals surface area contributed by atoms with Gasteiger partial charge in [0.25, 0.3) is 0 Å². The third-order valence-corrected chi connectivity index (χ3v) is 4.01. The minimum atomic E-state index is -0.343. The molecule has 6 nitrogen and oxygen atoms in total. The van der Waals surface area contributed by atoms with E-state index in [1.165, 1.54) is 0 Å². The van der Waals surface area contributed by atoms with Crippen molar-refractivity contribution in [2.45, 2.75) is 32.9 Å². The molecular weight excluding hydrogens is 282 g/mol. The lowest BCUT2D eigenvalue weighted by Gasteiger charge is -2.36. The summed E-state index contributed by atoms with van der Waals surface area (Å²) in [7, 11) is 0. The van der Waals surface area contributed by atoms with Gasteiger partial charge in [0.05, 0.1) is 19.8 Å². The van der Waals surface area contributed by atoms with E-state index in [1.54, 1.807) is 25.3 Å². The third-order valence-electron chi connectivity index (χ3n) is 4.01. The van der Waals surface area contributed by atoms with Crippen LogP contribution in [0.5, 0.6) is 0 Å². The highest BCUT2D eigenvalue weighted by Gasteiger charge is 2.23. The van der Waals surface area contributed by atoms with Crippen LogP contribution in [0.4, 0.5) is 5.82 Å². The average Bonchev–Trinajstić information content (AvgIpc) is 2.55. The van der Waals surface area contributed by atoms with E-state index in [2.05, 4.69) is 29.0 Å². The molecule has 0 saturated carbocycles. The first-order valence-electron chi connectivity index (χ1n) is 7.84. The molecule has 2 rings (SSSR count). The van der Waals surface area contributed by atoms with Gasteiger partial charge < -0.3 is 14.8 Å². The maximum atomic E-state index is 12.0. The molecule has 2 heterocycles. The number of hydrogen-bond donors (Lipinski definition) is 1. The molecule has 1 saturated heterocycles. The number of carbonyl (C=O) groups excluding carboxylic acids is 1. The Labute approximate surface area is 131 Å². The first-order chi connectivity index (χ1) is 10.6. The van der Waals surface area contributed by atoms with Crippen LogP contribution >= 0.6 is 0 Å². The van der Waals surface area contributed by atoms with Crippen molar-refractivity contribution in [3.8, 4) is 0 Å². The summed E-state index contributed by atoms with van der Waals surface area (Å²) in [5.74, 6) is 0.234. The summed E-state index contributed by atoms with van der Waals surface area (Å²) in [6, 6.07) is 3.95. The Hall–Kier alpha value is -1.66. The Bertz CT molecular complexity index is 489. The van der Waals surface area contributed by atoms with E-state index >= 15 is 0 Å². The second kappa shape index (κ2) is 8.10. The standard InChI is InChI=1S/C16H25N3O3/c1-4-22-16(20)14-6-5-7-17-15(14)18-12(2)13(3)19-8-10-21-11-9-19/h5-7,12-13H,4,8-11H2,1-3H3,(H,17,18). The second-order valence-electron chi connectivity index (χ2n) is 5.44. The molecule has 0 aliphatic carbocycles. The number of esters is 1. The van der Waals surface area contributed by atoms with Crippen LogP contribution in [0.2, 0.25) is 0 Å². The lowest BCUT2D eigenvalue weighted by Crippen LogP contribution is -2.49. The Morgan fingerprint density at radius 1 is 1.45 bits per heavy atom. The molecule has 0 bridgehead atoms. The summed E-state index contributed by atoms with van der Waals surface area (Å²) < 4.78 is 10.5. The summed E-state index contributed by atoms with van der Waals surface area (Å²) >= 11 is 0. The van der Waals surface area contributed by atoms with Crippen LogP contribution in [0, 0.1) is 0 Å². The van der Waals surface area contributed by atoms with E-state index in [9.17, 15) is 4.79 Å². The van der Waals surface area contributed by atoms with E-state index < -0.39 is 0 Å². The predicted octanol–water partition coefficient (Wildman–Crippen LogP) is 1.78. The molecule has 0 radical (unpaired) electrons. The highest BCUT2D eigenvalue weighted by Crippen LogP contribution is 2.17. The van der Waals surface area contributed by atoms with Crippen LogP contribution in [0.25, 0.3) is 0 Å². The molecule has 1 aromatic rings. The van der Waals surface area contributed by atoms with Crippen LogP contribution in [-0.2, 0) is 9.47 Å². The van der Waals surface area contributed by atoms with Gasteiger partial charge in [-0.1, -0.05) is 0 Å². The summed E-state index contributed by atoms with van der Waals surface area (Å²) in [5, 5.41) is 3.35. The van der Waals surface area contributed by atoms with Gasteiger partial charge in [-0.3, -0.25) is 4.90 Å². The van der Waals surface area contributed by atoms with Crippen molar-refractivity contribution in [3.05, 3.63) is 23.9 Å². The van der Waals surface area contributed by atoms with E-state index in [0.717, 1.165) is 26.3 Å². The van der Waals surface area contributed by atoms with Crippen molar-refractivity contribution >= 4 is 11.8 Å². The van der Waals surface area contributed by atoms with Crippen LogP contribution in [0.1, 0.15) is 31.1 Å². The van der Waals surface area contributed by atoms with Crippen molar-refractivity contribution < 1.29 is 14.3 Å². The summed E-state index contributed by atoms with van der Waals surface area (Å²) in [6.07, 6.45) is 1.68. The fourth-order valence-electron chi connectivity index (χ4n) is 2.53. The first kappa shape index (κ1) is 16.7.